The van der Waals surface area contributed by atoms with Crippen LogP contribution in [0, 0.1) is 0 Å². The first kappa shape index (κ1) is 40.3. The minimum absolute atomic E-state index is 0.00337. The number of nitrogens with two attached hydrogens (primary N) is 1. The van der Waals surface area contributed by atoms with Crippen LogP contribution in [0.25, 0.3) is 0 Å². The Balaban J connectivity index is 3.67. The van der Waals surface area contributed by atoms with E-state index in [-0.39, 0.29) is 99.0 Å². The zero-order valence-electron chi connectivity index (χ0n) is 23.4. The zero-order chi connectivity index (χ0) is 30.9. The number of hydrogen-bond acceptors (Lipinski definition) is 17. The van der Waals surface area contributed by atoms with Crippen molar-refractivity contribution >= 4 is 0 Å². The van der Waals surface area contributed by atoms with Crippen molar-refractivity contribution < 1.29 is 79.1 Å². The molecule has 0 aromatic heterocycles. The Hall–Kier alpha value is -0.680. The van der Waals surface area contributed by atoms with E-state index in [2.05, 4.69) is 0 Å². The third kappa shape index (κ3) is 26.7. The van der Waals surface area contributed by atoms with E-state index < -0.39 is 55.4 Å². The number of ether oxygens (including phenoxy) is 7. The predicted molar refractivity (Wildman–Crippen MR) is 140 cm³/mol. The summed E-state index contributed by atoms with van der Waals surface area (Å²) < 4.78 is 35.9. The van der Waals surface area contributed by atoms with Crippen LogP contribution in [0.2, 0.25) is 0 Å². The molecule has 0 aromatic carbocycles. The summed E-state index contributed by atoms with van der Waals surface area (Å²) in [6.07, 6.45) is -7.78. The Morgan fingerprint density at radius 1 is 0.317 bits per heavy atom. The van der Waals surface area contributed by atoms with Gasteiger partial charge in [0.25, 0.3) is 0 Å². The lowest BCUT2D eigenvalue weighted by Crippen LogP contribution is -2.32. The molecule has 11 N–H and O–H groups in total. The first-order valence-electron chi connectivity index (χ1n) is 13.4. The van der Waals surface area contributed by atoms with Crippen molar-refractivity contribution in [2.45, 2.75) is 48.8 Å². The molecule has 0 fully saturated rings. The molecule has 0 saturated heterocycles. The molecular formula is C24H51NO16. The normalized spacial score (nSPS) is 18.0. The van der Waals surface area contributed by atoms with Crippen LogP contribution in [0.4, 0.5) is 0 Å². The maximum absolute atomic E-state index is 9.87. The second-order valence-corrected chi connectivity index (χ2v) is 9.41. The van der Waals surface area contributed by atoms with Crippen LogP contribution in [-0.2, 0) is 33.2 Å². The summed E-state index contributed by atoms with van der Waals surface area (Å²) >= 11 is 0. The third-order valence-electron chi connectivity index (χ3n) is 4.83. The predicted octanol–water partition coefficient (Wildman–Crippen LogP) is -6.06. The molecule has 0 spiro atoms. The Morgan fingerprint density at radius 2 is 0.488 bits per heavy atom. The van der Waals surface area contributed by atoms with Crippen molar-refractivity contribution in [3.05, 3.63) is 0 Å². The van der Waals surface area contributed by atoms with E-state index >= 15 is 0 Å². The van der Waals surface area contributed by atoms with Crippen molar-refractivity contribution in [1.82, 2.24) is 0 Å². The summed E-state index contributed by atoms with van der Waals surface area (Å²) in [5, 5.41) is 85.8. The lowest BCUT2D eigenvalue weighted by atomic mass is 10.3. The van der Waals surface area contributed by atoms with Crippen molar-refractivity contribution in [2.75, 3.05) is 106 Å². The highest BCUT2D eigenvalue weighted by molar-refractivity contribution is 4.61. The van der Waals surface area contributed by atoms with Gasteiger partial charge in [0.05, 0.1) is 105 Å². The lowest BCUT2D eigenvalue weighted by Gasteiger charge is -2.18. The van der Waals surface area contributed by atoms with Gasteiger partial charge in [-0.2, -0.15) is 0 Å². The van der Waals surface area contributed by atoms with Crippen molar-refractivity contribution in [1.29, 1.82) is 0 Å². The minimum atomic E-state index is -1.02. The first-order chi connectivity index (χ1) is 19.6. The molecular weight excluding hydrogens is 558 g/mol. The monoisotopic (exact) mass is 609 g/mol. The van der Waals surface area contributed by atoms with E-state index in [1.165, 1.54) is 0 Å². The highest BCUT2D eigenvalue weighted by Gasteiger charge is 2.14. The summed E-state index contributed by atoms with van der Waals surface area (Å²) in [5.74, 6) is 0. The van der Waals surface area contributed by atoms with Gasteiger partial charge in [-0.25, -0.2) is 0 Å². The average Bonchev–Trinajstić information content (AvgIpc) is 2.92. The summed E-state index contributed by atoms with van der Waals surface area (Å²) in [4.78, 5) is 0. The van der Waals surface area contributed by atoms with Crippen molar-refractivity contribution in [3.8, 4) is 0 Å². The van der Waals surface area contributed by atoms with E-state index in [0.29, 0.717) is 0 Å². The number of aliphatic hydroxyl groups excluding tert-OH is 9. The molecule has 8 unspecified atom stereocenters. The Kier molecular flexibility index (Phi) is 26.5. The van der Waals surface area contributed by atoms with E-state index in [0.717, 1.165) is 0 Å². The summed E-state index contributed by atoms with van der Waals surface area (Å²) in [7, 11) is 0. The molecule has 8 atom stereocenters. The Morgan fingerprint density at radius 3 is 0.659 bits per heavy atom. The lowest BCUT2D eigenvalue weighted by molar-refractivity contribution is -0.0874. The van der Waals surface area contributed by atoms with Crippen LogP contribution in [0.3, 0.4) is 0 Å². The summed E-state index contributed by atoms with van der Waals surface area (Å²) in [6.45, 7) is -1.99. The van der Waals surface area contributed by atoms with Gasteiger partial charge >= 0.3 is 0 Å². The largest absolute Gasteiger partial charge is 0.394 e. The molecule has 0 aliphatic heterocycles. The molecule has 0 heterocycles. The van der Waals surface area contributed by atoms with Crippen LogP contribution in [0.15, 0.2) is 0 Å². The van der Waals surface area contributed by atoms with Crippen molar-refractivity contribution in [2.24, 2.45) is 5.73 Å². The van der Waals surface area contributed by atoms with Gasteiger partial charge in [-0.1, -0.05) is 0 Å². The SMILES string of the molecule is NCC(O)COCC(O)COCC(O)COCC(O)COCC(O)COCC(O)COCC(O)COCC(O)CO. The molecule has 17 heteroatoms. The maximum atomic E-state index is 9.87. The highest BCUT2D eigenvalue weighted by atomic mass is 16.5. The molecule has 41 heavy (non-hydrogen) atoms. The van der Waals surface area contributed by atoms with Gasteiger partial charge in [0, 0.05) is 6.54 Å². The molecule has 248 valence electrons. The van der Waals surface area contributed by atoms with Crippen LogP contribution < -0.4 is 5.73 Å². The van der Waals surface area contributed by atoms with Gasteiger partial charge in [0.2, 0.25) is 0 Å². The van der Waals surface area contributed by atoms with Gasteiger partial charge in [-0.15, -0.1) is 0 Å². The molecule has 0 aromatic rings. The van der Waals surface area contributed by atoms with Gasteiger partial charge < -0.3 is 84.9 Å². The fourth-order valence-electron chi connectivity index (χ4n) is 2.79. The fourth-order valence-corrected chi connectivity index (χ4v) is 2.79. The number of aliphatic hydroxyl groups is 9. The molecule has 0 saturated carbocycles. The van der Waals surface area contributed by atoms with E-state index in [1.54, 1.807) is 0 Å². The molecule has 17 nitrogen and oxygen atoms in total. The second kappa shape index (κ2) is 26.9. The van der Waals surface area contributed by atoms with E-state index in [4.69, 9.17) is 49.1 Å². The van der Waals surface area contributed by atoms with Gasteiger partial charge in [0.1, 0.15) is 42.7 Å². The minimum Gasteiger partial charge on any atom is -0.394 e. The molecule has 0 bridgehead atoms. The molecule has 0 aliphatic carbocycles. The van der Waals surface area contributed by atoms with E-state index in [9.17, 15) is 35.7 Å². The van der Waals surface area contributed by atoms with E-state index in [1.807, 2.05) is 0 Å². The Labute approximate surface area is 239 Å². The smallest absolute Gasteiger partial charge is 0.101 e. The quantitative estimate of drug-likeness (QED) is 0.0363. The van der Waals surface area contributed by atoms with Crippen LogP contribution in [-0.4, -0.2) is 200 Å². The summed E-state index contributed by atoms with van der Waals surface area (Å²) in [6, 6.07) is 0. The van der Waals surface area contributed by atoms with Gasteiger partial charge in [-0.05, 0) is 0 Å². The summed E-state index contributed by atoms with van der Waals surface area (Å²) in [5.41, 5.74) is 5.23. The second-order valence-electron chi connectivity index (χ2n) is 9.41. The molecule has 0 amide bonds. The number of hydrogen-bond donors (Lipinski definition) is 10. The topological polar surface area (TPSA) is 273 Å². The average molecular weight is 610 g/mol. The maximum Gasteiger partial charge on any atom is 0.101 e. The highest BCUT2D eigenvalue weighted by Crippen LogP contribution is 1.98. The molecule has 0 rings (SSSR count). The Bertz CT molecular complexity index is 522. The standard InChI is InChI=1S/C24H51NO16/c25-1-17(27)3-35-5-19(29)7-37-9-21(31)11-39-13-23(33)15-41-16-24(34)14-40-12-22(32)10-38-8-20(30)6-36-4-18(28)2-26/h17-24,26-34H,1-16,25H2. The molecule has 0 radical (unpaired) electrons. The van der Waals surface area contributed by atoms with Crippen LogP contribution in [0.5, 0.6) is 0 Å². The molecule has 0 aliphatic rings. The van der Waals surface area contributed by atoms with Crippen molar-refractivity contribution in [3.63, 3.8) is 0 Å². The fraction of sp³-hybridized carbons (Fsp3) is 1.00. The van der Waals surface area contributed by atoms with Gasteiger partial charge in [-0.3, -0.25) is 0 Å². The van der Waals surface area contributed by atoms with Gasteiger partial charge in [0.15, 0.2) is 0 Å². The van der Waals surface area contributed by atoms with Crippen LogP contribution in [0.1, 0.15) is 0 Å². The van der Waals surface area contributed by atoms with Crippen LogP contribution >= 0.6 is 0 Å². The number of rotatable bonds is 30. The third-order valence-corrected chi connectivity index (χ3v) is 4.83. The first-order valence-corrected chi connectivity index (χ1v) is 13.4. The zero-order valence-corrected chi connectivity index (χ0v) is 23.4.